The number of benzene rings is 2. The summed E-state index contributed by atoms with van der Waals surface area (Å²) in [6, 6.07) is 12.3. The standard InChI is InChI=1S/C22H25N3O5S/c1-15-8-10-17(31(28,29)25(2)3)12-20(15)24-21(26)14-30-22(27)11-9-16-13-23-19-7-5-4-6-18(16)19/h4-8,10,12-13,23H,9,11,14H2,1-3H3,(H,24,26). The van der Waals surface area contributed by atoms with E-state index in [1.54, 1.807) is 13.0 Å². The number of aromatic amines is 1. The third-order valence-corrected chi connectivity index (χ3v) is 6.71. The van der Waals surface area contributed by atoms with Crippen LogP contribution in [0.2, 0.25) is 0 Å². The van der Waals surface area contributed by atoms with Crippen molar-refractivity contribution in [2.75, 3.05) is 26.0 Å². The van der Waals surface area contributed by atoms with Crippen molar-refractivity contribution in [3.63, 3.8) is 0 Å². The van der Waals surface area contributed by atoms with Crippen LogP contribution in [0.4, 0.5) is 5.69 Å². The van der Waals surface area contributed by atoms with Crippen molar-refractivity contribution < 1.29 is 22.7 Å². The zero-order valence-corrected chi connectivity index (χ0v) is 18.5. The SMILES string of the molecule is Cc1ccc(S(=O)(=O)N(C)C)cc1NC(=O)COC(=O)CCc1c[nH]c2ccccc12. The van der Waals surface area contributed by atoms with Gasteiger partial charge in [0.2, 0.25) is 10.0 Å². The zero-order chi connectivity index (χ0) is 22.6. The number of aryl methyl sites for hydroxylation is 2. The van der Waals surface area contributed by atoms with Gasteiger partial charge >= 0.3 is 5.97 Å². The molecule has 1 aromatic heterocycles. The summed E-state index contributed by atoms with van der Waals surface area (Å²) in [5, 5.41) is 3.66. The molecular weight excluding hydrogens is 418 g/mol. The van der Waals surface area contributed by atoms with Crippen molar-refractivity contribution in [2.45, 2.75) is 24.7 Å². The van der Waals surface area contributed by atoms with E-state index in [9.17, 15) is 18.0 Å². The molecule has 2 aromatic carbocycles. The van der Waals surface area contributed by atoms with Gasteiger partial charge in [0, 0.05) is 43.3 Å². The van der Waals surface area contributed by atoms with E-state index < -0.39 is 28.5 Å². The second kappa shape index (κ2) is 9.32. The van der Waals surface area contributed by atoms with E-state index in [2.05, 4.69) is 10.3 Å². The predicted octanol–water partition coefficient (Wildman–Crippen LogP) is 2.84. The van der Waals surface area contributed by atoms with Crippen LogP contribution < -0.4 is 5.32 Å². The molecule has 0 atom stereocenters. The quantitative estimate of drug-likeness (QED) is 0.521. The Bertz CT molecular complexity index is 1210. The number of para-hydroxylation sites is 1. The molecule has 164 valence electrons. The number of hydrogen-bond acceptors (Lipinski definition) is 5. The predicted molar refractivity (Wildman–Crippen MR) is 118 cm³/mol. The number of carbonyl (C=O) groups is 2. The van der Waals surface area contributed by atoms with Crippen molar-refractivity contribution >= 4 is 38.5 Å². The molecule has 2 N–H and O–H groups in total. The molecule has 1 heterocycles. The number of nitrogens with one attached hydrogen (secondary N) is 2. The Morgan fingerprint density at radius 3 is 2.61 bits per heavy atom. The fourth-order valence-electron chi connectivity index (χ4n) is 3.09. The summed E-state index contributed by atoms with van der Waals surface area (Å²) in [6.07, 6.45) is 2.50. The van der Waals surface area contributed by atoms with Crippen molar-refractivity contribution in [1.82, 2.24) is 9.29 Å². The van der Waals surface area contributed by atoms with Gasteiger partial charge in [0.25, 0.3) is 5.91 Å². The molecule has 1 amide bonds. The minimum absolute atomic E-state index is 0.0640. The van der Waals surface area contributed by atoms with Gasteiger partial charge in [-0.1, -0.05) is 24.3 Å². The van der Waals surface area contributed by atoms with Gasteiger partial charge in [0.1, 0.15) is 0 Å². The van der Waals surface area contributed by atoms with E-state index in [1.807, 2.05) is 30.5 Å². The summed E-state index contributed by atoms with van der Waals surface area (Å²) in [6.45, 7) is 1.30. The fourth-order valence-corrected chi connectivity index (χ4v) is 4.02. The number of fused-ring (bicyclic) bond motifs is 1. The Morgan fingerprint density at radius 2 is 1.87 bits per heavy atom. The molecule has 0 spiro atoms. The zero-order valence-electron chi connectivity index (χ0n) is 17.6. The molecule has 0 aliphatic rings. The molecular formula is C22H25N3O5S. The molecule has 0 radical (unpaired) electrons. The molecule has 0 saturated heterocycles. The molecule has 3 rings (SSSR count). The van der Waals surface area contributed by atoms with E-state index in [1.165, 1.54) is 26.2 Å². The van der Waals surface area contributed by atoms with Crippen LogP contribution in [0.25, 0.3) is 10.9 Å². The third-order valence-electron chi connectivity index (χ3n) is 4.90. The summed E-state index contributed by atoms with van der Waals surface area (Å²) in [7, 11) is -0.761. The van der Waals surface area contributed by atoms with Gasteiger partial charge in [-0.2, -0.15) is 0 Å². The lowest BCUT2D eigenvalue weighted by molar-refractivity contribution is -0.147. The van der Waals surface area contributed by atoms with Crippen LogP contribution in [0.3, 0.4) is 0 Å². The summed E-state index contributed by atoms with van der Waals surface area (Å²) in [4.78, 5) is 27.5. The molecule has 0 saturated carbocycles. The number of hydrogen-bond donors (Lipinski definition) is 2. The van der Waals surface area contributed by atoms with E-state index in [0.29, 0.717) is 17.7 Å². The number of amides is 1. The van der Waals surface area contributed by atoms with E-state index in [-0.39, 0.29) is 11.3 Å². The van der Waals surface area contributed by atoms with Crippen LogP contribution in [0, 0.1) is 6.92 Å². The number of esters is 1. The average molecular weight is 444 g/mol. The van der Waals surface area contributed by atoms with Gasteiger partial charge in [0.15, 0.2) is 6.61 Å². The summed E-state index contributed by atoms with van der Waals surface area (Å²) >= 11 is 0. The maximum absolute atomic E-state index is 12.3. The van der Waals surface area contributed by atoms with Crippen LogP contribution in [0.1, 0.15) is 17.5 Å². The Hall–Kier alpha value is -3.17. The first kappa shape index (κ1) is 22.5. The smallest absolute Gasteiger partial charge is 0.306 e. The molecule has 0 aliphatic carbocycles. The maximum Gasteiger partial charge on any atom is 0.306 e. The number of sulfonamides is 1. The van der Waals surface area contributed by atoms with Crippen molar-refractivity contribution in [3.05, 3.63) is 59.8 Å². The number of aromatic nitrogens is 1. The van der Waals surface area contributed by atoms with Crippen LogP contribution >= 0.6 is 0 Å². The van der Waals surface area contributed by atoms with Gasteiger partial charge in [0.05, 0.1) is 4.90 Å². The first-order valence-corrected chi connectivity index (χ1v) is 11.2. The average Bonchev–Trinajstić information content (AvgIpc) is 3.15. The van der Waals surface area contributed by atoms with Gasteiger partial charge < -0.3 is 15.0 Å². The largest absolute Gasteiger partial charge is 0.456 e. The summed E-state index contributed by atoms with van der Waals surface area (Å²) < 4.78 is 30.7. The number of carbonyl (C=O) groups excluding carboxylic acids is 2. The van der Waals surface area contributed by atoms with E-state index in [4.69, 9.17) is 4.74 Å². The second-order valence-electron chi connectivity index (χ2n) is 7.33. The highest BCUT2D eigenvalue weighted by Crippen LogP contribution is 2.22. The van der Waals surface area contributed by atoms with Crippen molar-refractivity contribution in [1.29, 1.82) is 0 Å². The normalized spacial score (nSPS) is 11.6. The highest BCUT2D eigenvalue weighted by molar-refractivity contribution is 7.89. The molecule has 0 bridgehead atoms. The number of H-pyrrole nitrogens is 1. The Labute approximate surface area is 181 Å². The maximum atomic E-state index is 12.3. The minimum Gasteiger partial charge on any atom is -0.456 e. The fraction of sp³-hybridized carbons (Fsp3) is 0.273. The van der Waals surface area contributed by atoms with Crippen LogP contribution in [0.5, 0.6) is 0 Å². The first-order valence-electron chi connectivity index (χ1n) is 9.72. The van der Waals surface area contributed by atoms with Crippen LogP contribution in [-0.4, -0.2) is 50.3 Å². The monoisotopic (exact) mass is 443 g/mol. The third kappa shape index (κ3) is 5.31. The summed E-state index contributed by atoms with van der Waals surface area (Å²) in [5.41, 5.74) is 3.05. The topological polar surface area (TPSA) is 109 Å². The van der Waals surface area contributed by atoms with Gasteiger partial charge in [-0.15, -0.1) is 0 Å². The number of anilines is 1. The van der Waals surface area contributed by atoms with Crippen LogP contribution in [-0.2, 0) is 30.8 Å². The molecule has 3 aromatic rings. The molecule has 31 heavy (non-hydrogen) atoms. The molecule has 0 fully saturated rings. The number of rotatable bonds is 8. The highest BCUT2D eigenvalue weighted by Gasteiger charge is 2.19. The Balaban J connectivity index is 1.54. The first-order chi connectivity index (χ1) is 14.7. The lowest BCUT2D eigenvalue weighted by atomic mass is 10.1. The Morgan fingerprint density at radius 1 is 1.13 bits per heavy atom. The van der Waals surface area contributed by atoms with Gasteiger partial charge in [-0.25, -0.2) is 12.7 Å². The lowest BCUT2D eigenvalue weighted by Crippen LogP contribution is -2.23. The van der Waals surface area contributed by atoms with Crippen molar-refractivity contribution in [2.24, 2.45) is 0 Å². The number of nitrogens with zero attached hydrogens (tertiary/aromatic N) is 1. The summed E-state index contributed by atoms with van der Waals surface area (Å²) in [5.74, 6) is -1.02. The second-order valence-corrected chi connectivity index (χ2v) is 9.48. The Kier molecular flexibility index (Phi) is 6.77. The number of ether oxygens (including phenoxy) is 1. The van der Waals surface area contributed by atoms with Gasteiger partial charge in [-0.3, -0.25) is 9.59 Å². The molecule has 8 nitrogen and oxygen atoms in total. The highest BCUT2D eigenvalue weighted by atomic mass is 32.2. The lowest BCUT2D eigenvalue weighted by Gasteiger charge is -2.14. The van der Waals surface area contributed by atoms with E-state index >= 15 is 0 Å². The van der Waals surface area contributed by atoms with Crippen molar-refractivity contribution in [3.8, 4) is 0 Å². The minimum atomic E-state index is -3.63. The molecule has 9 heteroatoms. The van der Waals surface area contributed by atoms with Gasteiger partial charge in [-0.05, 0) is 42.7 Å². The van der Waals surface area contributed by atoms with E-state index in [0.717, 1.165) is 20.8 Å². The molecule has 0 unspecified atom stereocenters. The molecule has 0 aliphatic heterocycles. The van der Waals surface area contributed by atoms with Crippen LogP contribution in [0.15, 0.2) is 53.6 Å².